The molecule has 0 radical (unpaired) electrons. The van der Waals surface area contributed by atoms with Crippen LogP contribution in [0.5, 0.6) is 0 Å². The smallest absolute Gasteiger partial charge is 0.260 e. The summed E-state index contributed by atoms with van der Waals surface area (Å²) in [5.41, 5.74) is 6.83. The van der Waals surface area contributed by atoms with Crippen molar-refractivity contribution in [2.75, 3.05) is 12.3 Å². The van der Waals surface area contributed by atoms with Crippen molar-refractivity contribution in [2.24, 2.45) is 0 Å². The summed E-state index contributed by atoms with van der Waals surface area (Å²) in [4.78, 5) is 4.49. The Balaban J connectivity index is 2.39. The van der Waals surface area contributed by atoms with Gasteiger partial charge in [-0.2, -0.15) is 4.98 Å². The van der Waals surface area contributed by atoms with Crippen molar-refractivity contribution < 1.29 is 9.26 Å². The highest BCUT2D eigenvalue weighted by Gasteiger charge is 2.34. The van der Waals surface area contributed by atoms with E-state index in [1.807, 2.05) is 31.2 Å². The minimum Gasteiger partial charge on any atom is -0.398 e. The van der Waals surface area contributed by atoms with Crippen molar-refractivity contribution in [3.8, 4) is 11.5 Å². The predicted octanol–water partition coefficient (Wildman–Crippen LogP) is 3.37. The molecule has 2 rings (SSSR count). The van der Waals surface area contributed by atoms with E-state index in [9.17, 15) is 0 Å². The third-order valence-electron chi connectivity index (χ3n) is 3.59. The van der Waals surface area contributed by atoms with Crippen molar-refractivity contribution in [3.05, 3.63) is 30.1 Å². The van der Waals surface area contributed by atoms with E-state index < -0.39 is 5.60 Å². The Labute approximate surface area is 119 Å². The number of aromatic nitrogens is 2. The van der Waals surface area contributed by atoms with E-state index in [1.165, 1.54) is 0 Å². The van der Waals surface area contributed by atoms with Gasteiger partial charge in [-0.1, -0.05) is 31.1 Å². The maximum atomic E-state index is 5.94. The first kappa shape index (κ1) is 14.5. The van der Waals surface area contributed by atoms with Crippen LogP contribution in [0.1, 0.15) is 39.4 Å². The van der Waals surface area contributed by atoms with E-state index in [-0.39, 0.29) is 0 Å². The monoisotopic (exact) mass is 275 g/mol. The lowest BCUT2D eigenvalue weighted by Crippen LogP contribution is -2.29. The molecule has 2 N–H and O–H groups in total. The maximum absolute atomic E-state index is 5.94. The Kier molecular flexibility index (Phi) is 4.39. The van der Waals surface area contributed by atoms with E-state index >= 15 is 0 Å². The Morgan fingerprint density at radius 1 is 1.20 bits per heavy atom. The van der Waals surface area contributed by atoms with Gasteiger partial charge in [0.25, 0.3) is 5.89 Å². The third kappa shape index (κ3) is 2.54. The summed E-state index contributed by atoms with van der Waals surface area (Å²) in [6, 6.07) is 7.45. The Bertz CT molecular complexity index is 562. The summed E-state index contributed by atoms with van der Waals surface area (Å²) >= 11 is 0. The zero-order valence-corrected chi connectivity index (χ0v) is 12.2. The number of rotatable bonds is 6. The molecule has 1 aromatic carbocycles. The molecular weight excluding hydrogens is 254 g/mol. The normalized spacial score (nSPS) is 11.8. The molecule has 1 heterocycles. The molecular formula is C15H21N3O2. The van der Waals surface area contributed by atoms with Crippen LogP contribution in [0.4, 0.5) is 5.69 Å². The van der Waals surface area contributed by atoms with Gasteiger partial charge in [0.1, 0.15) is 5.60 Å². The molecule has 0 saturated heterocycles. The SMILES string of the molecule is CCOC(CC)(CC)c1noc(-c2ccccc2N)n1. The zero-order valence-electron chi connectivity index (χ0n) is 12.2. The van der Waals surface area contributed by atoms with Crippen LogP contribution in [-0.4, -0.2) is 16.7 Å². The molecule has 5 heteroatoms. The average Bonchev–Trinajstić information content (AvgIpc) is 2.95. The topological polar surface area (TPSA) is 74.2 Å². The first-order valence-corrected chi connectivity index (χ1v) is 6.99. The van der Waals surface area contributed by atoms with Crippen LogP contribution in [-0.2, 0) is 10.3 Å². The standard InChI is InChI=1S/C15H21N3O2/c1-4-15(5-2,19-6-3)14-17-13(20-18-14)11-9-7-8-10-12(11)16/h7-10H,4-6,16H2,1-3H3. The fourth-order valence-corrected chi connectivity index (χ4v) is 2.32. The van der Waals surface area contributed by atoms with Crippen LogP contribution < -0.4 is 5.73 Å². The minimum absolute atomic E-state index is 0.434. The fourth-order valence-electron chi connectivity index (χ4n) is 2.32. The van der Waals surface area contributed by atoms with Crippen LogP contribution in [0, 0.1) is 0 Å². The van der Waals surface area contributed by atoms with Gasteiger partial charge in [0.2, 0.25) is 5.82 Å². The van der Waals surface area contributed by atoms with Crippen LogP contribution in [0.15, 0.2) is 28.8 Å². The summed E-state index contributed by atoms with van der Waals surface area (Å²) in [5, 5.41) is 4.10. The number of nitrogens with zero attached hydrogens (tertiary/aromatic N) is 2. The second-order valence-electron chi connectivity index (χ2n) is 4.64. The van der Waals surface area contributed by atoms with E-state index in [1.54, 1.807) is 0 Å². The first-order valence-electron chi connectivity index (χ1n) is 6.99. The van der Waals surface area contributed by atoms with Gasteiger partial charge in [0.05, 0.1) is 5.56 Å². The lowest BCUT2D eigenvalue weighted by atomic mass is 9.96. The Morgan fingerprint density at radius 3 is 2.50 bits per heavy atom. The molecule has 0 fully saturated rings. The molecule has 0 bridgehead atoms. The van der Waals surface area contributed by atoms with Gasteiger partial charge in [0.15, 0.2) is 0 Å². The van der Waals surface area contributed by atoms with Crippen molar-refractivity contribution in [1.82, 2.24) is 10.1 Å². The molecule has 0 aliphatic heterocycles. The molecule has 5 nitrogen and oxygen atoms in total. The van der Waals surface area contributed by atoms with Crippen LogP contribution in [0.25, 0.3) is 11.5 Å². The van der Waals surface area contributed by atoms with E-state index in [2.05, 4.69) is 24.0 Å². The van der Waals surface area contributed by atoms with E-state index in [0.29, 0.717) is 24.0 Å². The molecule has 20 heavy (non-hydrogen) atoms. The number of para-hydroxylation sites is 1. The van der Waals surface area contributed by atoms with Gasteiger partial charge in [0, 0.05) is 12.3 Å². The summed E-state index contributed by atoms with van der Waals surface area (Å²) in [5.74, 6) is 1.02. The molecule has 0 spiro atoms. The van der Waals surface area contributed by atoms with Crippen molar-refractivity contribution in [1.29, 1.82) is 0 Å². The van der Waals surface area contributed by atoms with Crippen LogP contribution >= 0.6 is 0 Å². The molecule has 2 aromatic rings. The zero-order chi connectivity index (χ0) is 14.6. The highest BCUT2D eigenvalue weighted by molar-refractivity contribution is 5.69. The molecule has 1 aromatic heterocycles. The molecule has 0 unspecified atom stereocenters. The van der Waals surface area contributed by atoms with E-state index in [4.69, 9.17) is 15.0 Å². The van der Waals surface area contributed by atoms with Crippen LogP contribution in [0.3, 0.4) is 0 Å². The summed E-state index contributed by atoms with van der Waals surface area (Å²) < 4.78 is 11.2. The lowest BCUT2D eigenvalue weighted by molar-refractivity contribution is -0.0583. The number of nitrogen functional groups attached to an aromatic ring is 1. The van der Waals surface area contributed by atoms with Gasteiger partial charge in [-0.15, -0.1) is 0 Å². The quantitative estimate of drug-likeness (QED) is 0.818. The minimum atomic E-state index is -0.486. The number of nitrogens with two attached hydrogens (primary N) is 1. The van der Waals surface area contributed by atoms with Gasteiger partial charge >= 0.3 is 0 Å². The predicted molar refractivity (Wildman–Crippen MR) is 78.0 cm³/mol. The number of hydrogen-bond donors (Lipinski definition) is 1. The molecule has 0 atom stereocenters. The maximum Gasteiger partial charge on any atom is 0.260 e. The lowest BCUT2D eigenvalue weighted by Gasteiger charge is -2.27. The molecule has 0 amide bonds. The Hall–Kier alpha value is -1.88. The summed E-state index contributed by atoms with van der Waals surface area (Å²) in [6.07, 6.45) is 1.58. The first-order chi connectivity index (χ1) is 9.66. The number of hydrogen-bond acceptors (Lipinski definition) is 5. The van der Waals surface area contributed by atoms with Crippen molar-refractivity contribution >= 4 is 5.69 Å². The second kappa shape index (κ2) is 6.05. The highest BCUT2D eigenvalue weighted by atomic mass is 16.5. The second-order valence-corrected chi connectivity index (χ2v) is 4.64. The molecule has 0 saturated carbocycles. The number of ether oxygens (including phenoxy) is 1. The summed E-state index contributed by atoms with van der Waals surface area (Å²) in [7, 11) is 0. The fraction of sp³-hybridized carbons (Fsp3) is 0.467. The average molecular weight is 275 g/mol. The molecule has 0 aliphatic rings. The molecule has 108 valence electrons. The third-order valence-corrected chi connectivity index (χ3v) is 3.59. The van der Waals surface area contributed by atoms with E-state index in [0.717, 1.165) is 18.4 Å². The molecule has 0 aliphatic carbocycles. The largest absolute Gasteiger partial charge is 0.398 e. The summed E-state index contributed by atoms with van der Waals surface area (Å²) in [6.45, 7) is 6.70. The van der Waals surface area contributed by atoms with Gasteiger partial charge in [-0.05, 0) is 31.9 Å². The number of anilines is 1. The van der Waals surface area contributed by atoms with Crippen molar-refractivity contribution in [2.45, 2.75) is 39.2 Å². The van der Waals surface area contributed by atoms with Gasteiger partial charge in [-0.25, -0.2) is 0 Å². The van der Waals surface area contributed by atoms with Crippen molar-refractivity contribution in [3.63, 3.8) is 0 Å². The Morgan fingerprint density at radius 2 is 1.90 bits per heavy atom. The number of benzene rings is 1. The van der Waals surface area contributed by atoms with Crippen LogP contribution in [0.2, 0.25) is 0 Å². The van der Waals surface area contributed by atoms with Gasteiger partial charge in [-0.3, -0.25) is 0 Å². The van der Waals surface area contributed by atoms with Gasteiger partial charge < -0.3 is 15.0 Å². The highest BCUT2D eigenvalue weighted by Crippen LogP contribution is 2.33.